The van der Waals surface area contributed by atoms with Crippen molar-refractivity contribution in [1.82, 2.24) is 4.98 Å². The highest BCUT2D eigenvalue weighted by Crippen LogP contribution is 2.37. The van der Waals surface area contributed by atoms with Gasteiger partial charge in [0, 0.05) is 22.8 Å². The fourth-order valence-electron chi connectivity index (χ4n) is 2.50. The Kier molecular flexibility index (Phi) is 5.34. The maximum atomic E-state index is 12.7. The third-order valence-corrected chi connectivity index (χ3v) is 5.76. The summed E-state index contributed by atoms with van der Waals surface area (Å²) in [6, 6.07) is 14.1. The zero-order chi connectivity index (χ0) is 18.7. The molecule has 0 aliphatic rings. The van der Waals surface area contributed by atoms with E-state index in [-0.39, 0.29) is 17.2 Å². The number of nitrogens with zero attached hydrogens (tertiary/aromatic N) is 2. The van der Waals surface area contributed by atoms with Crippen LogP contribution in [0.3, 0.4) is 0 Å². The van der Waals surface area contributed by atoms with Crippen LogP contribution in [0.25, 0.3) is 11.3 Å². The van der Waals surface area contributed by atoms with Gasteiger partial charge < -0.3 is 5.32 Å². The van der Waals surface area contributed by atoms with Crippen molar-refractivity contribution < 1.29 is 9.72 Å². The number of benzene rings is 2. The first kappa shape index (κ1) is 18.1. The number of thioether (sulfide) groups is 1. The molecule has 6 nitrogen and oxygen atoms in total. The van der Waals surface area contributed by atoms with Gasteiger partial charge in [0.15, 0.2) is 4.34 Å². The number of amides is 1. The summed E-state index contributed by atoms with van der Waals surface area (Å²) in [5.74, 6) is -0.389. The first-order valence-corrected chi connectivity index (χ1v) is 9.71. The average molecular weight is 385 g/mol. The summed E-state index contributed by atoms with van der Waals surface area (Å²) in [6.07, 6.45) is 1.92. The molecule has 0 bridgehead atoms. The van der Waals surface area contributed by atoms with Gasteiger partial charge in [-0.3, -0.25) is 14.9 Å². The second-order valence-electron chi connectivity index (χ2n) is 5.39. The Morgan fingerprint density at radius 3 is 2.58 bits per heavy atom. The fraction of sp³-hybridized carbons (Fsp3) is 0.111. The van der Waals surface area contributed by atoms with Crippen LogP contribution in [0.4, 0.5) is 10.7 Å². The molecule has 0 radical (unpaired) electrons. The zero-order valence-electron chi connectivity index (χ0n) is 14.1. The molecule has 0 atom stereocenters. The second kappa shape index (κ2) is 7.67. The van der Waals surface area contributed by atoms with Crippen LogP contribution in [-0.4, -0.2) is 22.1 Å². The highest BCUT2D eigenvalue weighted by molar-refractivity contribution is 8.00. The van der Waals surface area contributed by atoms with Crippen molar-refractivity contribution in [3.8, 4) is 11.3 Å². The molecule has 0 spiro atoms. The Labute approximate surface area is 158 Å². The van der Waals surface area contributed by atoms with Crippen LogP contribution in [0, 0.1) is 17.0 Å². The van der Waals surface area contributed by atoms with Crippen molar-refractivity contribution in [3.63, 3.8) is 0 Å². The van der Waals surface area contributed by atoms with Crippen LogP contribution in [-0.2, 0) is 0 Å². The molecule has 3 rings (SSSR count). The summed E-state index contributed by atoms with van der Waals surface area (Å²) >= 11 is 2.88. The van der Waals surface area contributed by atoms with Gasteiger partial charge in [0.05, 0.1) is 4.92 Å². The van der Waals surface area contributed by atoms with Crippen molar-refractivity contribution in [3.05, 3.63) is 69.8 Å². The molecule has 1 N–H and O–H groups in total. The predicted molar refractivity (Wildman–Crippen MR) is 105 cm³/mol. The summed E-state index contributed by atoms with van der Waals surface area (Å²) in [7, 11) is 0. The van der Waals surface area contributed by atoms with Crippen LogP contribution in [0.1, 0.15) is 15.9 Å². The Hall–Kier alpha value is -2.71. The Balaban J connectivity index is 1.97. The molecule has 1 aromatic heterocycles. The molecule has 0 aliphatic heterocycles. The number of nitro benzene ring substituents is 1. The standard InChI is InChI=1S/C18H15N3O3S2/c1-11-13(9-6-10-14(11)21(23)24)16(22)20-17-15(19-18(25-2)26-17)12-7-4-3-5-8-12/h3-10H,1-2H3,(H,20,22). The molecule has 26 heavy (non-hydrogen) atoms. The zero-order valence-corrected chi connectivity index (χ0v) is 15.7. The smallest absolute Gasteiger partial charge is 0.273 e. The molecular formula is C18H15N3O3S2. The van der Waals surface area contributed by atoms with E-state index in [4.69, 9.17) is 0 Å². The van der Waals surface area contributed by atoms with Gasteiger partial charge >= 0.3 is 0 Å². The van der Waals surface area contributed by atoms with E-state index in [2.05, 4.69) is 10.3 Å². The van der Waals surface area contributed by atoms with Gasteiger partial charge in [0.2, 0.25) is 0 Å². The molecule has 0 aliphatic carbocycles. The van der Waals surface area contributed by atoms with Crippen LogP contribution in [0.5, 0.6) is 0 Å². The molecule has 132 valence electrons. The topological polar surface area (TPSA) is 85.1 Å². The van der Waals surface area contributed by atoms with Gasteiger partial charge in [-0.25, -0.2) is 4.98 Å². The minimum atomic E-state index is -0.486. The van der Waals surface area contributed by atoms with Crippen LogP contribution < -0.4 is 5.32 Å². The van der Waals surface area contributed by atoms with Crippen molar-refractivity contribution in [2.45, 2.75) is 11.3 Å². The van der Waals surface area contributed by atoms with E-state index in [9.17, 15) is 14.9 Å². The van der Waals surface area contributed by atoms with Crippen LogP contribution >= 0.6 is 23.1 Å². The van der Waals surface area contributed by atoms with Crippen LogP contribution in [0.15, 0.2) is 52.9 Å². The molecule has 0 fully saturated rings. The van der Waals surface area contributed by atoms with E-state index in [1.54, 1.807) is 13.0 Å². The molecule has 0 unspecified atom stereocenters. The number of aromatic nitrogens is 1. The van der Waals surface area contributed by atoms with Crippen LogP contribution in [0.2, 0.25) is 0 Å². The van der Waals surface area contributed by atoms with E-state index in [1.807, 2.05) is 36.6 Å². The Morgan fingerprint density at radius 1 is 1.19 bits per heavy atom. The maximum absolute atomic E-state index is 12.7. The molecule has 8 heteroatoms. The largest absolute Gasteiger partial charge is 0.312 e. The third kappa shape index (κ3) is 3.61. The van der Waals surface area contributed by atoms with Crippen molar-refractivity contribution in [2.75, 3.05) is 11.6 Å². The molecule has 0 saturated carbocycles. The van der Waals surface area contributed by atoms with Gasteiger partial charge in [-0.15, -0.1) is 0 Å². The number of carbonyl (C=O) groups is 1. The Morgan fingerprint density at radius 2 is 1.92 bits per heavy atom. The minimum Gasteiger partial charge on any atom is -0.312 e. The number of hydrogen-bond acceptors (Lipinski definition) is 6. The first-order valence-electron chi connectivity index (χ1n) is 7.67. The van der Waals surface area contributed by atoms with E-state index in [1.165, 1.54) is 35.2 Å². The summed E-state index contributed by atoms with van der Waals surface area (Å²) in [5, 5.41) is 14.6. The summed E-state index contributed by atoms with van der Waals surface area (Å²) in [4.78, 5) is 27.9. The van der Waals surface area contributed by atoms with Gasteiger partial charge in [0.25, 0.3) is 11.6 Å². The van der Waals surface area contributed by atoms with E-state index >= 15 is 0 Å². The normalized spacial score (nSPS) is 10.5. The number of anilines is 1. The number of carbonyl (C=O) groups excluding carboxylic acids is 1. The molecule has 3 aromatic rings. The summed E-state index contributed by atoms with van der Waals surface area (Å²) in [5.41, 5.74) is 2.13. The van der Waals surface area contributed by atoms with Gasteiger partial charge in [-0.2, -0.15) is 0 Å². The highest BCUT2D eigenvalue weighted by Gasteiger charge is 2.20. The lowest BCUT2D eigenvalue weighted by atomic mass is 10.1. The molecular weight excluding hydrogens is 370 g/mol. The number of rotatable bonds is 5. The van der Waals surface area contributed by atoms with Crippen molar-refractivity contribution in [1.29, 1.82) is 0 Å². The second-order valence-corrected chi connectivity index (χ2v) is 7.44. The average Bonchev–Trinajstić information content (AvgIpc) is 3.05. The van der Waals surface area contributed by atoms with Gasteiger partial charge in [0.1, 0.15) is 10.7 Å². The molecule has 2 aromatic carbocycles. The van der Waals surface area contributed by atoms with E-state index in [0.717, 1.165) is 9.90 Å². The SMILES string of the molecule is CSc1nc(-c2ccccc2)c(NC(=O)c2cccc([N+](=O)[O-])c2C)s1. The minimum absolute atomic E-state index is 0.0740. The molecule has 1 heterocycles. The number of thiazole rings is 1. The monoisotopic (exact) mass is 385 g/mol. The van der Waals surface area contributed by atoms with Gasteiger partial charge in [-0.1, -0.05) is 59.5 Å². The molecule has 0 saturated heterocycles. The first-order chi connectivity index (χ1) is 12.5. The number of hydrogen-bond donors (Lipinski definition) is 1. The molecule has 1 amide bonds. The fourth-order valence-corrected chi connectivity index (χ4v) is 3.98. The Bertz CT molecular complexity index is 971. The maximum Gasteiger partial charge on any atom is 0.273 e. The summed E-state index contributed by atoms with van der Waals surface area (Å²) < 4.78 is 0.829. The lowest BCUT2D eigenvalue weighted by Gasteiger charge is -2.08. The van der Waals surface area contributed by atoms with Crippen molar-refractivity contribution in [2.24, 2.45) is 0 Å². The number of nitro groups is 1. The van der Waals surface area contributed by atoms with Crippen molar-refractivity contribution >= 4 is 39.7 Å². The number of nitrogens with one attached hydrogen (secondary N) is 1. The lowest BCUT2D eigenvalue weighted by Crippen LogP contribution is -2.13. The summed E-state index contributed by atoms with van der Waals surface area (Å²) in [6.45, 7) is 1.57. The van der Waals surface area contributed by atoms with E-state index < -0.39 is 4.92 Å². The third-order valence-electron chi connectivity index (χ3n) is 3.80. The predicted octanol–water partition coefficient (Wildman–Crippen LogP) is 5.00. The highest BCUT2D eigenvalue weighted by atomic mass is 32.2. The lowest BCUT2D eigenvalue weighted by molar-refractivity contribution is -0.385. The van der Waals surface area contributed by atoms with Gasteiger partial charge in [-0.05, 0) is 19.2 Å². The quantitative estimate of drug-likeness (QED) is 0.379. The van der Waals surface area contributed by atoms with E-state index in [0.29, 0.717) is 16.3 Å².